The average Bonchev–Trinajstić information content (AvgIpc) is 2.74. The van der Waals surface area contributed by atoms with Gasteiger partial charge in [-0.05, 0) is 37.5 Å². The maximum absolute atomic E-state index is 11.7. The summed E-state index contributed by atoms with van der Waals surface area (Å²) >= 11 is 5.96. The lowest BCUT2D eigenvalue weighted by Gasteiger charge is -2.16. The van der Waals surface area contributed by atoms with Gasteiger partial charge >= 0.3 is 5.97 Å². The van der Waals surface area contributed by atoms with Crippen LogP contribution in [0.25, 0.3) is 0 Å². The highest BCUT2D eigenvalue weighted by Gasteiger charge is 2.23. The van der Waals surface area contributed by atoms with Crippen LogP contribution in [0.15, 0.2) is 18.2 Å². The van der Waals surface area contributed by atoms with Crippen molar-refractivity contribution in [1.82, 2.24) is 0 Å². The Bertz CT molecular complexity index is 451. The molecule has 0 saturated heterocycles. The van der Waals surface area contributed by atoms with Gasteiger partial charge in [-0.1, -0.05) is 11.6 Å². The number of rotatable bonds is 3. The maximum Gasteiger partial charge on any atom is 0.339 e. The van der Waals surface area contributed by atoms with Gasteiger partial charge in [-0.15, -0.1) is 0 Å². The van der Waals surface area contributed by atoms with Crippen LogP contribution in [0.1, 0.15) is 29.6 Å². The predicted molar refractivity (Wildman–Crippen MR) is 72.0 cm³/mol. The molecule has 1 saturated carbocycles. The number of methoxy groups -OCH3 is 1. The molecule has 1 aromatic rings. The molecule has 2 unspecified atom stereocenters. The molecule has 1 aliphatic carbocycles. The number of hydrogen-bond donors (Lipinski definition) is 2. The zero-order valence-electron chi connectivity index (χ0n) is 10.3. The number of carbonyl (C=O) groups is 1. The summed E-state index contributed by atoms with van der Waals surface area (Å²) in [5.74, 6) is -0.364. The second-order valence-corrected chi connectivity index (χ2v) is 5.03. The molecule has 0 bridgehead atoms. The Morgan fingerprint density at radius 1 is 1.50 bits per heavy atom. The first-order valence-corrected chi connectivity index (χ1v) is 6.38. The van der Waals surface area contributed by atoms with Crippen LogP contribution in [0.4, 0.5) is 5.69 Å². The Balaban J connectivity index is 2.19. The van der Waals surface area contributed by atoms with Crippen LogP contribution in [0.5, 0.6) is 0 Å². The first-order valence-electron chi connectivity index (χ1n) is 6.00. The lowest BCUT2D eigenvalue weighted by Crippen LogP contribution is -2.22. The number of hydrogen-bond acceptors (Lipinski definition) is 4. The Morgan fingerprint density at radius 2 is 2.28 bits per heavy atom. The highest BCUT2D eigenvalue weighted by molar-refractivity contribution is 6.31. The van der Waals surface area contributed by atoms with Gasteiger partial charge in [-0.2, -0.15) is 0 Å². The van der Waals surface area contributed by atoms with Crippen LogP contribution in [-0.2, 0) is 4.74 Å². The smallest absolute Gasteiger partial charge is 0.339 e. The van der Waals surface area contributed by atoms with E-state index in [1.165, 1.54) is 7.11 Å². The summed E-state index contributed by atoms with van der Waals surface area (Å²) in [7, 11) is 1.37. The van der Waals surface area contributed by atoms with Crippen LogP contribution < -0.4 is 11.1 Å². The molecule has 2 rings (SSSR count). The predicted octanol–water partition coefficient (Wildman–Crippen LogP) is 2.42. The largest absolute Gasteiger partial charge is 0.465 e. The van der Waals surface area contributed by atoms with Crippen molar-refractivity contribution in [1.29, 1.82) is 0 Å². The third-order valence-electron chi connectivity index (χ3n) is 3.22. The summed E-state index contributed by atoms with van der Waals surface area (Å²) in [5.41, 5.74) is 7.09. The minimum Gasteiger partial charge on any atom is -0.465 e. The zero-order chi connectivity index (χ0) is 13.1. The van der Waals surface area contributed by atoms with Crippen LogP contribution in [0, 0.1) is 0 Å². The van der Waals surface area contributed by atoms with Gasteiger partial charge in [-0.25, -0.2) is 4.79 Å². The van der Waals surface area contributed by atoms with Crippen LogP contribution in [0.2, 0.25) is 5.02 Å². The zero-order valence-corrected chi connectivity index (χ0v) is 11.0. The van der Waals surface area contributed by atoms with Crippen molar-refractivity contribution in [3.8, 4) is 0 Å². The van der Waals surface area contributed by atoms with E-state index in [-0.39, 0.29) is 12.0 Å². The van der Waals surface area contributed by atoms with Crippen molar-refractivity contribution in [3.63, 3.8) is 0 Å². The van der Waals surface area contributed by atoms with Crippen LogP contribution >= 0.6 is 11.6 Å². The van der Waals surface area contributed by atoms with Crippen LogP contribution in [-0.4, -0.2) is 25.2 Å². The summed E-state index contributed by atoms with van der Waals surface area (Å²) in [4.78, 5) is 11.7. The summed E-state index contributed by atoms with van der Waals surface area (Å²) < 4.78 is 4.76. The van der Waals surface area contributed by atoms with Gasteiger partial charge in [0.05, 0.1) is 18.4 Å². The molecule has 0 spiro atoms. The first-order chi connectivity index (χ1) is 8.60. The van der Waals surface area contributed by atoms with E-state index in [0.29, 0.717) is 22.3 Å². The van der Waals surface area contributed by atoms with Crippen molar-refractivity contribution < 1.29 is 9.53 Å². The second kappa shape index (κ2) is 5.59. The Labute approximate surface area is 111 Å². The molecule has 0 heterocycles. The van der Waals surface area contributed by atoms with E-state index in [1.54, 1.807) is 18.2 Å². The highest BCUT2D eigenvalue weighted by Crippen LogP contribution is 2.26. The molecular weight excluding hydrogens is 252 g/mol. The Kier molecular flexibility index (Phi) is 4.09. The minimum atomic E-state index is -0.364. The van der Waals surface area contributed by atoms with E-state index in [2.05, 4.69) is 5.32 Å². The van der Waals surface area contributed by atoms with E-state index in [1.807, 2.05) is 0 Å². The molecule has 1 aromatic carbocycles. The van der Waals surface area contributed by atoms with Crippen molar-refractivity contribution in [2.75, 3.05) is 12.4 Å². The number of benzene rings is 1. The lowest BCUT2D eigenvalue weighted by atomic mass is 10.1. The number of nitrogens with two attached hydrogens (primary N) is 1. The van der Waals surface area contributed by atoms with E-state index in [9.17, 15) is 4.79 Å². The van der Waals surface area contributed by atoms with Gasteiger partial charge in [0, 0.05) is 17.1 Å². The molecule has 3 N–H and O–H groups in total. The average molecular weight is 269 g/mol. The number of halogens is 1. The molecule has 1 fully saturated rings. The van der Waals surface area contributed by atoms with E-state index in [4.69, 9.17) is 22.1 Å². The van der Waals surface area contributed by atoms with Gasteiger partial charge in [0.15, 0.2) is 0 Å². The topological polar surface area (TPSA) is 64.3 Å². The number of nitrogens with one attached hydrogen (secondary N) is 1. The van der Waals surface area contributed by atoms with Crippen molar-refractivity contribution >= 4 is 23.3 Å². The van der Waals surface area contributed by atoms with E-state index in [0.717, 1.165) is 19.3 Å². The molecule has 0 radical (unpaired) electrons. The van der Waals surface area contributed by atoms with E-state index < -0.39 is 0 Å². The molecule has 2 atom stereocenters. The fraction of sp³-hybridized carbons (Fsp3) is 0.462. The van der Waals surface area contributed by atoms with Crippen molar-refractivity contribution in [2.24, 2.45) is 5.73 Å². The summed E-state index contributed by atoms with van der Waals surface area (Å²) in [6.07, 6.45) is 2.92. The molecule has 18 heavy (non-hydrogen) atoms. The fourth-order valence-electron chi connectivity index (χ4n) is 2.29. The standard InChI is InChI=1S/C13H17ClN2O2/c1-18-13(17)11-5-2-8(14)6-12(11)16-10-4-3-9(15)7-10/h2,5-6,9-10,16H,3-4,7,15H2,1H3. The number of ether oxygens (including phenoxy) is 1. The van der Waals surface area contributed by atoms with Gasteiger partial charge in [0.2, 0.25) is 0 Å². The summed E-state index contributed by atoms with van der Waals surface area (Å²) in [6, 6.07) is 5.63. The lowest BCUT2D eigenvalue weighted by molar-refractivity contribution is 0.0602. The third kappa shape index (κ3) is 2.94. The number of carbonyl (C=O) groups excluding carboxylic acids is 1. The molecule has 4 nitrogen and oxygen atoms in total. The van der Waals surface area contributed by atoms with Gasteiger partial charge < -0.3 is 15.8 Å². The molecular formula is C13H17ClN2O2. The summed E-state index contributed by atoms with van der Waals surface area (Å²) in [5, 5.41) is 3.92. The Morgan fingerprint density at radius 3 is 2.89 bits per heavy atom. The SMILES string of the molecule is COC(=O)c1ccc(Cl)cc1NC1CCC(N)C1. The second-order valence-electron chi connectivity index (χ2n) is 4.60. The Hall–Kier alpha value is -1.26. The van der Waals surface area contributed by atoms with Gasteiger partial charge in [0.1, 0.15) is 0 Å². The monoisotopic (exact) mass is 268 g/mol. The molecule has 98 valence electrons. The van der Waals surface area contributed by atoms with Crippen LogP contribution in [0.3, 0.4) is 0 Å². The van der Waals surface area contributed by atoms with Gasteiger partial charge in [-0.3, -0.25) is 0 Å². The number of esters is 1. The number of anilines is 1. The highest BCUT2D eigenvalue weighted by atomic mass is 35.5. The van der Waals surface area contributed by atoms with Crippen molar-refractivity contribution in [2.45, 2.75) is 31.3 Å². The van der Waals surface area contributed by atoms with E-state index >= 15 is 0 Å². The molecule has 5 heteroatoms. The summed E-state index contributed by atoms with van der Waals surface area (Å²) in [6.45, 7) is 0. The van der Waals surface area contributed by atoms with Gasteiger partial charge in [0.25, 0.3) is 0 Å². The van der Waals surface area contributed by atoms with Crippen molar-refractivity contribution in [3.05, 3.63) is 28.8 Å². The quantitative estimate of drug-likeness (QED) is 0.827. The molecule has 0 aliphatic heterocycles. The molecule has 0 aromatic heterocycles. The minimum absolute atomic E-state index is 0.239. The third-order valence-corrected chi connectivity index (χ3v) is 3.45. The maximum atomic E-state index is 11.7. The fourth-order valence-corrected chi connectivity index (χ4v) is 2.46. The molecule has 0 amide bonds. The normalized spacial score (nSPS) is 22.8. The first kappa shape index (κ1) is 13.2. The molecule has 1 aliphatic rings.